The van der Waals surface area contributed by atoms with E-state index in [0.717, 1.165) is 16.9 Å². The Morgan fingerprint density at radius 3 is 2.64 bits per heavy atom. The molecule has 1 N–H and O–H groups in total. The molecule has 0 aliphatic carbocycles. The van der Waals surface area contributed by atoms with E-state index >= 15 is 0 Å². The van der Waals surface area contributed by atoms with E-state index in [2.05, 4.69) is 9.46 Å². The third-order valence-electron chi connectivity index (χ3n) is 3.50. The Bertz CT molecular complexity index is 831. The number of methoxy groups -OCH3 is 3. The highest BCUT2D eigenvalue weighted by atomic mass is 32.2. The average molecular weight is 385 g/mol. The first-order valence-electron chi connectivity index (χ1n) is 7.25. The Hall–Kier alpha value is -1.94. The number of carbonyl (C=O) groups excluding carboxylic acids is 1. The SMILES string of the molecule is COC(=O)c1sccc1S(=O)(=O)NCC(OC)c1cccc(OC)c1. The quantitative estimate of drug-likeness (QED) is 0.701. The van der Waals surface area contributed by atoms with Crippen molar-refractivity contribution >= 4 is 27.3 Å². The van der Waals surface area contributed by atoms with Crippen LogP contribution in [-0.4, -0.2) is 42.3 Å². The summed E-state index contributed by atoms with van der Waals surface area (Å²) >= 11 is 1.01. The molecule has 0 amide bonds. The van der Waals surface area contributed by atoms with Crippen LogP contribution in [0.3, 0.4) is 0 Å². The van der Waals surface area contributed by atoms with E-state index in [4.69, 9.17) is 9.47 Å². The van der Waals surface area contributed by atoms with Crippen molar-refractivity contribution in [3.8, 4) is 5.75 Å². The monoisotopic (exact) mass is 385 g/mol. The van der Waals surface area contributed by atoms with Gasteiger partial charge < -0.3 is 14.2 Å². The minimum absolute atomic E-state index is 0.00244. The molecule has 7 nitrogen and oxygen atoms in total. The predicted octanol–water partition coefficient (Wildman–Crippen LogP) is 2.21. The second-order valence-electron chi connectivity index (χ2n) is 4.96. The van der Waals surface area contributed by atoms with Crippen LogP contribution in [0.25, 0.3) is 0 Å². The molecule has 136 valence electrons. The minimum atomic E-state index is -3.88. The second kappa shape index (κ2) is 8.43. The number of carbonyl (C=O) groups is 1. The summed E-state index contributed by atoms with van der Waals surface area (Å²) in [6.07, 6.45) is -0.509. The van der Waals surface area contributed by atoms with Crippen molar-refractivity contribution in [3.05, 3.63) is 46.2 Å². The van der Waals surface area contributed by atoms with Gasteiger partial charge in [0.25, 0.3) is 0 Å². The highest BCUT2D eigenvalue weighted by Gasteiger charge is 2.25. The standard InChI is InChI=1S/C16H19NO6S2/c1-21-12-6-4-5-11(9-12)13(22-2)10-17-25(19,20)14-7-8-24-15(14)16(18)23-3/h4-9,13,17H,10H2,1-3H3. The van der Waals surface area contributed by atoms with Gasteiger partial charge >= 0.3 is 5.97 Å². The lowest BCUT2D eigenvalue weighted by atomic mass is 10.1. The minimum Gasteiger partial charge on any atom is -0.497 e. The summed E-state index contributed by atoms with van der Waals surface area (Å²) in [6, 6.07) is 8.53. The van der Waals surface area contributed by atoms with Crippen LogP contribution >= 0.6 is 11.3 Å². The topological polar surface area (TPSA) is 90.9 Å². The fourth-order valence-corrected chi connectivity index (χ4v) is 4.56. The number of benzene rings is 1. The number of nitrogens with one attached hydrogen (secondary N) is 1. The summed E-state index contributed by atoms with van der Waals surface area (Å²) in [5, 5.41) is 1.52. The molecule has 0 aliphatic rings. The number of thiophene rings is 1. The molecule has 0 aliphatic heterocycles. The van der Waals surface area contributed by atoms with Gasteiger partial charge in [0.1, 0.15) is 15.5 Å². The van der Waals surface area contributed by atoms with Gasteiger partial charge in [0, 0.05) is 13.7 Å². The molecule has 0 bridgehead atoms. The Balaban J connectivity index is 2.17. The number of esters is 1. The molecule has 1 atom stereocenters. The lowest BCUT2D eigenvalue weighted by Crippen LogP contribution is -2.30. The molecule has 0 spiro atoms. The van der Waals surface area contributed by atoms with Crippen molar-refractivity contribution in [2.75, 3.05) is 27.9 Å². The smallest absolute Gasteiger partial charge is 0.349 e. The van der Waals surface area contributed by atoms with Crippen LogP contribution in [0, 0.1) is 0 Å². The summed E-state index contributed by atoms with van der Waals surface area (Å²) in [5.74, 6) is -0.0420. The van der Waals surface area contributed by atoms with Crippen molar-refractivity contribution in [1.29, 1.82) is 0 Å². The van der Waals surface area contributed by atoms with Crippen molar-refractivity contribution in [2.45, 2.75) is 11.0 Å². The molecule has 0 saturated heterocycles. The normalized spacial score (nSPS) is 12.6. The van der Waals surface area contributed by atoms with E-state index in [1.54, 1.807) is 25.3 Å². The van der Waals surface area contributed by atoms with E-state index in [1.165, 1.54) is 25.7 Å². The lowest BCUT2D eigenvalue weighted by molar-refractivity contribution is 0.0602. The van der Waals surface area contributed by atoms with Crippen LogP contribution in [0.2, 0.25) is 0 Å². The second-order valence-corrected chi connectivity index (χ2v) is 7.61. The summed E-state index contributed by atoms with van der Waals surface area (Å²) in [7, 11) is 0.360. The van der Waals surface area contributed by atoms with E-state index in [9.17, 15) is 13.2 Å². The van der Waals surface area contributed by atoms with Gasteiger partial charge in [0.05, 0.1) is 20.3 Å². The zero-order chi connectivity index (χ0) is 18.4. The van der Waals surface area contributed by atoms with Crippen molar-refractivity contribution in [1.82, 2.24) is 4.72 Å². The third kappa shape index (κ3) is 4.57. The van der Waals surface area contributed by atoms with Crippen LogP contribution < -0.4 is 9.46 Å². The summed E-state index contributed by atoms with van der Waals surface area (Å²) in [4.78, 5) is 11.6. The molecule has 9 heteroatoms. The zero-order valence-corrected chi connectivity index (χ0v) is 15.6. The van der Waals surface area contributed by atoms with Gasteiger partial charge in [-0.25, -0.2) is 17.9 Å². The predicted molar refractivity (Wildman–Crippen MR) is 93.6 cm³/mol. The van der Waals surface area contributed by atoms with E-state index < -0.39 is 22.1 Å². The number of rotatable bonds is 8. The maximum atomic E-state index is 12.5. The first-order chi connectivity index (χ1) is 11.9. The Morgan fingerprint density at radius 1 is 1.24 bits per heavy atom. The number of sulfonamides is 1. The molecule has 1 aromatic heterocycles. The summed E-state index contributed by atoms with van der Waals surface area (Å²) in [5.41, 5.74) is 0.767. The molecule has 1 heterocycles. The maximum Gasteiger partial charge on any atom is 0.349 e. The Kier molecular flexibility index (Phi) is 6.54. The van der Waals surface area contributed by atoms with Gasteiger partial charge in [-0.1, -0.05) is 12.1 Å². The first kappa shape index (κ1) is 19.4. The fraction of sp³-hybridized carbons (Fsp3) is 0.312. The van der Waals surface area contributed by atoms with Crippen LogP contribution in [0.5, 0.6) is 5.75 Å². The molecule has 0 fully saturated rings. The van der Waals surface area contributed by atoms with Gasteiger partial charge in [-0.2, -0.15) is 0 Å². The van der Waals surface area contributed by atoms with Crippen molar-refractivity contribution in [3.63, 3.8) is 0 Å². The number of hydrogen-bond acceptors (Lipinski definition) is 7. The van der Waals surface area contributed by atoms with Gasteiger partial charge in [-0.05, 0) is 29.1 Å². The van der Waals surface area contributed by atoms with Crippen LogP contribution in [0.1, 0.15) is 21.3 Å². The maximum absolute atomic E-state index is 12.5. The molecule has 2 aromatic rings. The Morgan fingerprint density at radius 2 is 2.00 bits per heavy atom. The zero-order valence-electron chi connectivity index (χ0n) is 14.0. The third-order valence-corrected chi connectivity index (χ3v) is 5.99. The van der Waals surface area contributed by atoms with Gasteiger partial charge in [-0.15, -0.1) is 11.3 Å². The molecule has 0 saturated carbocycles. The lowest BCUT2D eigenvalue weighted by Gasteiger charge is -2.17. The van der Waals surface area contributed by atoms with Crippen LogP contribution in [0.4, 0.5) is 0 Å². The van der Waals surface area contributed by atoms with Gasteiger partial charge in [0.15, 0.2) is 0 Å². The van der Waals surface area contributed by atoms with E-state index in [-0.39, 0.29) is 16.3 Å². The highest BCUT2D eigenvalue weighted by Crippen LogP contribution is 2.24. The number of hydrogen-bond donors (Lipinski definition) is 1. The van der Waals surface area contributed by atoms with Crippen molar-refractivity contribution < 1.29 is 27.4 Å². The summed E-state index contributed by atoms with van der Waals surface area (Å²) in [6.45, 7) is 0.00244. The molecular weight excluding hydrogens is 366 g/mol. The van der Waals surface area contributed by atoms with Gasteiger partial charge in [0.2, 0.25) is 10.0 Å². The number of ether oxygens (including phenoxy) is 3. The average Bonchev–Trinajstić information content (AvgIpc) is 3.12. The first-order valence-corrected chi connectivity index (χ1v) is 9.61. The molecule has 2 rings (SSSR count). The molecule has 1 aromatic carbocycles. The van der Waals surface area contributed by atoms with Crippen molar-refractivity contribution in [2.24, 2.45) is 0 Å². The summed E-state index contributed by atoms with van der Waals surface area (Å²) < 4.78 is 42.7. The fourth-order valence-electron chi connectivity index (χ4n) is 2.19. The molecular formula is C16H19NO6S2. The largest absolute Gasteiger partial charge is 0.497 e. The van der Waals surface area contributed by atoms with Crippen LogP contribution in [-0.2, 0) is 19.5 Å². The van der Waals surface area contributed by atoms with E-state index in [1.807, 2.05) is 6.07 Å². The molecule has 25 heavy (non-hydrogen) atoms. The molecule has 1 unspecified atom stereocenters. The van der Waals surface area contributed by atoms with Gasteiger partial charge in [-0.3, -0.25) is 0 Å². The molecule has 0 radical (unpaired) electrons. The van der Waals surface area contributed by atoms with Crippen LogP contribution in [0.15, 0.2) is 40.6 Å². The Labute approximate surface area is 150 Å². The highest BCUT2D eigenvalue weighted by molar-refractivity contribution is 7.89. The van der Waals surface area contributed by atoms with E-state index in [0.29, 0.717) is 5.75 Å².